The summed E-state index contributed by atoms with van der Waals surface area (Å²) in [4.78, 5) is 13.4. The van der Waals surface area contributed by atoms with E-state index in [9.17, 15) is 4.79 Å². The Hall–Kier alpha value is -1.76. The first-order chi connectivity index (χ1) is 11.5. The second kappa shape index (κ2) is 8.92. The summed E-state index contributed by atoms with van der Waals surface area (Å²) in [5, 5.41) is 15.2. The minimum absolute atomic E-state index is 0.0754. The molecule has 0 spiro atoms. The quantitative estimate of drug-likeness (QED) is 0.745. The summed E-state index contributed by atoms with van der Waals surface area (Å²) >= 11 is 3.46. The minimum Gasteiger partial charge on any atom is -0.352 e. The molecule has 1 atom stereocenters. The number of carbonyl (C=O) groups is 1. The van der Waals surface area contributed by atoms with Crippen molar-refractivity contribution in [3.8, 4) is 11.4 Å². The Bertz CT molecular complexity index is 671. The van der Waals surface area contributed by atoms with Crippen LogP contribution in [0.5, 0.6) is 0 Å². The van der Waals surface area contributed by atoms with Crippen molar-refractivity contribution in [1.29, 1.82) is 0 Å². The molecule has 130 valence electrons. The standard InChI is InChI=1S/C17H24BrN5O/c1-12(2)7-6-8-13(3)19-16(24)11-23-21-17(20-22-23)14-9-4-5-10-15(14)18/h4-5,9-10,12-13H,6-8,11H2,1-3H3,(H,19,24)/t13-/m1/s1. The maximum atomic E-state index is 12.1. The molecule has 0 saturated heterocycles. The van der Waals surface area contributed by atoms with Crippen molar-refractivity contribution in [1.82, 2.24) is 25.5 Å². The van der Waals surface area contributed by atoms with Crippen LogP contribution in [-0.4, -0.2) is 32.2 Å². The molecule has 1 aromatic heterocycles. The maximum absolute atomic E-state index is 12.1. The molecule has 0 bridgehead atoms. The van der Waals surface area contributed by atoms with Crippen LogP contribution in [0.2, 0.25) is 0 Å². The molecule has 1 heterocycles. The van der Waals surface area contributed by atoms with E-state index < -0.39 is 0 Å². The molecule has 0 saturated carbocycles. The Kier molecular flexibility index (Phi) is 6.90. The van der Waals surface area contributed by atoms with Crippen LogP contribution in [-0.2, 0) is 11.3 Å². The Morgan fingerprint density at radius 1 is 1.25 bits per heavy atom. The number of nitrogens with zero attached hydrogens (tertiary/aromatic N) is 4. The summed E-state index contributed by atoms with van der Waals surface area (Å²) < 4.78 is 0.896. The second-order valence-electron chi connectivity index (χ2n) is 6.42. The zero-order chi connectivity index (χ0) is 17.5. The number of halogens is 1. The molecule has 24 heavy (non-hydrogen) atoms. The van der Waals surface area contributed by atoms with Crippen molar-refractivity contribution in [3.63, 3.8) is 0 Å². The van der Waals surface area contributed by atoms with Gasteiger partial charge in [0.05, 0.1) is 0 Å². The normalized spacial score (nSPS) is 12.4. The number of aromatic nitrogens is 4. The molecular formula is C17H24BrN5O. The van der Waals surface area contributed by atoms with E-state index in [1.54, 1.807) is 0 Å². The molecule has 0 radical (unpaired) electrons. The highest BCUT2D eigenvalue weighted by Gasteiger charge is 2.13. The number of hydrogen-bond donors (Lipinski definition) is 1. The average molecular weight is 394 g/mol. The van der Waals surface area contributed by atoms with Crippen LogP contribution in [0, 0.1) is 5.92 Å². The average Bonchev–Trinajstić information content (AvgIpc) is 2.95. The van der Waals surface area contributed by atoms with Gasteiger partial charge in [-0.05, 0) is 36.6 Å². The van der Waals surface area contributed by atoms with Gasteiger partial charge in [0.2, 0.25) is 11.7 Å². The fraction of sp³-hybridized carbons (Fsp3) is 0.529. The van der Waals surface area contributed by atoms with E-state index in [0.717, 1.165) is 22.9 Å². The van der Waals surface area contributed by atoms with Crippen LogP contribution < -0.4 is 5.32 Å². The number of tetrazole rings is 1. The lowest BCUT2D eigenvalue weighted by Gasteiger charge is -2.14. The number of amides is 1. The van der Waals surface area contributed by atoms with E-state index in [4.69, 9.17) is 0 Å². The molecule has 0 fully saturated rings. The second-order valence-corrected chi connectivity index (χ2v) is 7.27. The Morgan fingerprint density at radius 3 is 2.71 bits per heavy atom. The lowest BCUT2D eigenvalue weighted by atomic mass is 10.0. The molecule has 6 nitrogen and oxygen atoms in total. The number of nitrogens with one attached hydrogen (secondary N) is 1. The van der Waals surface area contributed by atoms with E-state index in [1.807, 2.05) is 31.2 Å². The van der Waals surface area contributed by atoms with Gasteiger partial charge in [-0.3, -0.25) is 4.79 Å². The van der Waals surface area contributed by atoms with Gasteiger partial charge in [0, 0.05) is 16.1 Å². The Morgan fingerprint density at radius 2 is 2.00 bits per heavy atom. The van der Waals surface area contributed by atoms with E-state index in [0.29, 0.717) is 11.7 Å². The van der Waals surface area contributed by atoms with Crippen LogP contribution >= 0.6 is 15.9 Å². The van der Waals surface area contributed by atoms with Crippen LogP contribution in [0.1, 0.15) is 40.0 Å². The van der Waals surface area contributed by atoms with E-state index in [1.165, 1.54) is 11.2 Å². The molecule has 1 aromatic carbocycles. The fourth-order valence-corrected chi connectivity index (χ4v) is 2.88. The van der Waals surface area contributed by atoms with Crippen LogP contribution in [0.25, 0.3) is 11.4 Å². The first-order valence-corrected chi connectivity index (χ1v) is 9.07. The summed E-state index contributed by atoms with van der Waals surface area (Å²) in [7, 11) is 0. The first-order valence-electron chi connectivity index (χ1n) is 8.27. The molecule has 0 unspecified atom stereocenters. The van der Waals surface area contributed by atoms with Crippen LogP contribution in [0.15, 0.2) is 28.7 Å². The summed E-state index contributed by atoms with van der Waals surface area (Å²) in [5.74, 6) is 1.10. The third-order valence-electron chi connectivity index (χ3n) is 3.68. The molecule has 7 heteroatoms. The maximum Gasteiger partial charge on any atom is 0.243 e. The lowest BCUT2D eigenvalue weighted by molar-refractivity contribution is -0.122. The third kappa shape index (κ3) is 5.70. The number of rotatable bonds is 8. The van der Waals surface area contributed by atoms with Crippen molar-refractivity contribution in [2.75, 3.05) is 0 Å². The van der Waals surface area contributed by atoms with Crippen molar-refractivity contribution in [2.45, 2.75) is 52.6 Å². The summed E-state index contributed by atoms with van der Waals surface area (Å²) in [6.07, 6.45) is 3.28. The molecule has 1 amide bonds. The first kappa shape index (κ1) is 18.6. The van der Waals surface area contributed by atoms with E-state index >= 15 is 0 Å². The van der Waals surface area contributed by atoms with Crippen molar-refractivity contribution in [2.24, 2.45) is 5.92 Å². The monoisotopic (exact) mass is 393 g/mol. The largest absolute Gasteiger partial charge is 0.352 e. The SMILES string of the molecule is CC(C)CCC[C@@H](C)NC(=O)Cn1nnc(-c2ccccc2Br)n1. The summed E-state index contributed by atoms with van der Waals surface area (Å²) in [6.45, 7) is 6.52. The topological polar surface area (TPSA) is 72.7 Å². The highest BCUT2D eigenvalue weighted by Crippen LogP contribution is 2.24. The van der Waals surface area contributed by atoms with Crippen molar-refractivity contribution < 1.29 is 4.79 Å². The van der Waals surface area contributed by atoms with Crippen LogP contribution in [0.4, 0.5) is 0 Å². The van der Waals surface area contributed by atoms with Gasteiger partial charge in [0.25, 0.3) is 0 Å². The third-order valence-corrected chi connectivity index (χ3v) is 4.37. The fourth-order valence-electron chi connectivity index (χ4n) is 2.41. The van der Waals surface area contributed by atoms with Gasteiger partial charge in [-0.2, -0.15) is 4.80 Å². The van der Waals surface area contributed by atoms with Gasteiger partial charge >= 0.3 is 0 Å². The van der Waals surface area contributed by atoms with Gasteiger partial charge < -0.3 is 5.32 Å². The number of hydrogen-bond acceptors (Lipinski definition) is 4. The molecule has 1 N–H and O–H groups in total. The predicted molar refractivity (Wildman–Crippen MR) is 97.2 cm³/mol. The van der Waals surface area contributed by atoms with Gasteiger partial charge in [-0.1, -0.05) is 54.8 Å². The van der Waals surface area contributed by atoms with Gasteiger partial charge in [0.15, 0.2) is 0 Å². The zero-order valence-corrected chi connectivity index (χ0v) is 16.0. The summed E-state index contributed by atoms with van der Waals surface area (Å²) in [5.41, 5.74) is 0.853. The highest BCUT2D eigenvalue weighted by atomic mass is 79.9. The molecule has 0 aliphatic carbocycles. The van der Waals surface area contributed by atoms with Gasteiger partial charge in [-0.15, -0.1) is 10.2 Å². The highest BCUT2D eigenvalue weighted by molar-refractivity contribution is 9.10. The predicted octanol–water partition coefficient (Wildman–Crippen LogP) is 3.43. The van der Waals surface area contributed by atoms with Gasteiger partial charge in [-0.25, -0.2) is 0 Å². The van der Waals surface area contributed by atoms with E-state index in [-0.39, 0.29) is 18.5 Å². The van der Waals surface area contributed by atoms with E-state index in [2.05, 4.69) is 50.5 Å². The van der Waals surface area contributed by atoms with Gasteiger partial charge in [0.1, 0.15) is 6.54 Å². The molecule has 2 rings (SSSR count). The molecular weight excluding hydrogens is 370 g/mol. The minimum atomic E-state index is -0.0943. The molecule has 0 aliphatic rings. The molecule has 2 aromatic rings. The Labute approximate surface area is 151 Å². The van der Waals surface area contributed by atoms with Crippen molar-refractivity contribution >= 4 is 21.8 Å². The molecule has 0 aliphatic heterocycles. The number of carbonyl (C=O) groups excluding carboxylic acids is 1. The summed E-state index contributed by atoms with van der Waals surface area (Å²) in [6, 6.07) is 7.81. The number of benzene rings is 1. The Balaban J connectivity index is 1.86. The zero-order valence-electron chi connectivity index (χ0n) is 14.4. The van der Waals surface area contributed by atoms with Crippen molar-refractivity contribution in [3.05, 3.63) is 28.7 Å². The smallest absolute Gasteiger partial charge is 0.243 e. The van der Waals surface area contributed by atoms with Crippen LogP contribution in [0.3, 0.4) is 0 Å². The lowest BCUT2D eigenvalue weighted by Crippen LogP contribution is -2.35.